The van der Waals surface area contributed by atoms with Crippen molar-refractivity contribution in [3.05, 3.63) is 41.8 Å². The molecule has 0 aliphatic carbocycles. The van der Waals surface area contributed by atoms with E-state index in [2.05, 4.69) is 5.16 Å². The summed E-state index contributed by atoms with van der Waals surface area (Å²) in [6, 6.07) is 7.21. The number of carbonyl (C=O) groups excluding carboxylic acids is 2. The number of aromatic nitrogens is 1. The summed E-state index contributed by atoms with van der Waals surface area (Å²) >= 11 is 0. The number of nitrogens with zero attached hydrogens (tertiary/aromatic N) is 1. The summed E-state index contributed by atoms with van der Waals surface area (Å²) in [5.74, 6) is -0.921. The number of ether oxygens (including phenoxy) is 1. The first-order valence-electron chi connectivity index (χ1n) is 6.98. The zero-order valence-electron chi connectivity index (χ0n) is 12.2. The van der Waals surface area contributed by atoms with Gasteiger partial charge in [-0.3, -0.25) is 0 Å². The maximum absolute atomic E-state index is 11.9. The second kappa shape index (κ2) is 7.51. The Kier molecular flexibility index (Phi) is 5.43. The van der Waals surface area contributed by atoms with Gasteiger partial charge in [0.2, 0.25) is 0 Å². The normalized spacial score (nSPS) is 11.9. The molecule has 0 bridgehead atoms. The summed E-state index contributed by atoms with van der Waals surface area (Å²) in [6.07, 6.45) is 2.31. The van der Waals surface area contributed by atoms with E-state index in [1.807, 2.05) is 12.1 Å². The van der Waals surface area contributed by atoms with Crippen LogP contribution >= 0.6 is 0 Å². The van der Waals surface area contributed by atoms with Crippen LogP contribution in [0.1, 0.15) is 35.3 Å². The third-order valence-corrected chi connectivity index (χ3v) is 3.33. The van der Waals surface area contributed by atoms with E-state index in [0.717, 1.165) is 11.8 Å². The molecule has 0 amide bonds. The number of hydrogen-bond acceptors (Lipinski definition) is 6. The molecule has 0 saturated heterocycles. The van der Waals surface area contributed by atoms with E-state index in [1.54, 1.807) is 19.1 Å². The minimum atomic E-state index is -0.572. The Balaban J connectivity index is 2.48. The van der Waals surface area contributed by atoms with E-state index in [1.165, 1.54) is 6.26 Å². The average molecular weight is 303 g/mol. The van der Waals surface area contributed by atoms with Gasteiger partial charge in [0.15, 0.2) is 5.69 Å². The molecule has 0 fully saturated rings. The van der Waals surface area contributed by atoms with Crippen molar-refractivity contribution in [1.29, 1.82) is 0 Å². The van der Waals surface area contributed by atoms with E-state index in [-0.39, 0.29) is 31.2 Å². The van der Waals surface area contributed by atoms with Crippen LogP contribution in [0.5, 0.6) is 0 Å². The maximum atomic E-state index is 11.9. The summed E-state index contributed by atoms with van der Waals surface area (Å²) in [5, 5.41) is 13.2. The van der Waals surface area contributed by atoms with Crippen molar-refractivity contribution in [2.45, 2.75) is 19.3 Å². The Labute approximate surface area is 127 Å². The molecule has 1 N–H and O–H groups in total. The minimum Gasteiger partial charge on any atom is -0.461 e. The van der Waals surface area contributed by atoms with E-state index in [9.17, 15) is 14.7 Å². The monoisotopic (exact) mass is 303 g/mol. The summed E-state index contributed by atoms with van der Waals surface area (Å²) < 4.78 is 9.87. The Morgan fingerprint density at radius 2 is 2.18 bits per heavy atom. The van der Waals surface area contributed by atoms with Crippen molar-refractivity contribution in [2.24, 2.45) is 0 Å². The molecule has 1 unspecified atom stereocenters. The molecule has 1 heterocycles. The number of rotatable bonds is 7. The zero-order chi connectivity index (χ0) is 15.9. The van der Waals surface area contributed by atoms with E-state index in [4.69, 9.17) is 9.26 Å². The van der Waals surface area contributed by atoms with E-state index >= 15 is 0 Å². The SMILES string of the molecule is CCOC(=O)c1nocc1-c1ccccc1C(CO)CC=O. The number of esters is 1. The molecule has 0 aliphatic heterocycles. The van der Waals surface area contributed by atoms with Crippen LogP contribution in [-0.4, -0.2) is 35.7 Å². The fourth-order valence-corrected chi connectivity index (χ4v) is 2.29. The highest BCUT2D eigenvalue weighted by Crippen LogP contribution is 2.32. The van der Waals surface area contributed by atoms with Gasteiger partial charge in [0, 0.05) is 12.3 Å². The lowest BCUT2D eigenvalue weighted by atomic mass is 9.89. The number of benzene rings is 1. The lowest BCUT2D eigenvalue weighted by Gasteiger charge is -2.15. The predicted octanol–water partition coefficient (Wildman–Crippen LogP) is 2.18. The van der Waals surface area contributed by atoms with Crippen LogP contribution in [0.15, 0.2) is 35.1 Å². The highest BCUT2D eigenvalue weighted by atomic mass is 16.5. The zero-order valence-corrected chi connectivity index (χ0v) is 12.2. The molecule has 0 spiro atoms. The van der Waals surface area contributed by atoms with Gasteiger partial charge in [-0.15, -0.1) is 0 Å². The van der Waals surface area contributed by atoms with Gasteiger partial charge in [-0.25, -0.2) is 4.79 Å². The maximum Gasteiger partial charge on any atom is 0.361 e. The smallest absolute Gasteiger partial charge is 0.361 e. The van der Waals surface area contributed by atoms with Gasteiger partial charge in [0.05, 0.1) is 18.8 Å². The van der Waals surface area contributed by atoms with Crippen LogP contribution < -0.4 is 0 Å². The van der Waals surface area contributed by atoms with Gasteiger partial charge in [-0.1, -0.05) is 29.4 Å². The lowest BCUT2D eigenvalue weighted by Crippen LogP contribution is -2.09. The second-order valence-corrected chi connectivity index (χ2v) is 4.67. The highest BCUT2D eigenvalue weighted by molar-refractivity contribution is 5.95. The molecule has 1 atom stereocenters. The molecule has 116 valence electrons. The Hall–Kier alpha value is -2.47. The number of aliphatic hydroxyl groups is 1. The fraction of sp³-hybridized carbons (Fsp3) is 0.312. The summed E-state index contributed by atoms with van der Waals surface area (Å²) in [4.78, 5) is 22.7. The molecule has 1 aromatic carbocycles. The van der Waals surface area contributed by atoms with Gasteiger partial charge < -0.3 is 19.2 Å². The molecule has 6 heteroatoms. The molecular formula is C16H17NO5. The van der Waals surface area contributed by atoms with Crippen LogP contribution in [0.4, 0.5) is 0 Å². The molecule has 2 aromatic rings. The van der Waals surface area contributed by atoms with Gasteiger partial charge in [0.25, 0.3) is 0 Å². The van der Waals surface area contributed by atoms with E-state index in [0.29, 0.717) is 11.1 Å². The van der Waals surface area contributed by atoms with Crippen molar-refractivity contribution < 1.29 is 24.0 Å². The number of carbonyl (C=O) groups is 2. The van der Waals surface area contributed by atoms with Gasteiger partial charge in [-0.05, 0) is 18.1 Å². The third kappa shape index (κ3) is 3.23. The van der Waals surface area contributed by atoms with Gasteiger partial charge in [0.1, 0.15) is 12.5 Å². The van der Waals surface area contributed by atoms with Gasteiger partial charge in [-0.2, -0.15) is 0 Å². The molecular weight excluding hydrogens is 286 g/mol. The largest absolute Gasteiger partial charge is 0.461 e. The van der Waals surface area contributed by atoms with Crippen LogP contribution in [-0.2, 0) is 9.53 Å². The molecule has 0 aliphatic rings. The first kappa shape index (κ1) is 15.9. The number of hydrogen-bond donors (Lipinski definition) is 1. The predicted molar refractivity (Wildman–Crippen MR) is 78.4 cm³/mol. The molecule has 0 radical (unpaired) electrons. The Bertz CT molecular complexity index is 649. The molecule has 6 nitrogen and oxygen atoms in total. The topological polar surface area (TPSA) is 89.6 Å². The summed E-state index contributed by atoms with van der Waals surface area (Å²) in [7, 11) is 0. The molecule has 22 heavy (non-hydrogen) atoms. The third-order valence-electron chi connectivity index (χ3n) is 3.33. The standard InChI is InChI=1S/C16H17NO5/c1-2-21-16(20)15-14(10-22-17-15)13-6-4-3-5-12(13)11(9-19)7-8-18/h3-6,8,10-11,19H,2,7,9H2,1H3. The van der Waals surface area contributed by atoms with Crippen molar-refractivity contribution in [3.63, 3.8) is 0 Å². The Morgan fingerprint density at radius 1 is 1.41 bits per heavy atom. The molecule has 0 saturated carbocycles. The van der Waals surface area contributed by atoms with Crippen molar-refractivity contribution >= 4 is 12.3 Å². The van der Waals surface area contributed by atoms with Crippen LogP contribution in [0.25, 0.3) is 11.1 Å². The minimum absolute atomic E-state index is 0.0806. The van der Waals surface area contributed by atoms with Crippen molar-refractivity contribution in [1.82, 2.24) is 5.16 Å². The van der Waals surface area contributed by atoms with Crippen LogP contribution in [0.2, 0.25) is 0 Å². The second-order valence-electron chi connectivity index (χ2n) is 4.67. The molecule has 2 rings (SSSR count). The average Bonchev–Trinajstić information content (AvgIpc) is 3.02. The quantitative estimate of drug-likeness (QED) is 0.623. The fourth-order valence-electron chi connectivity index (χ4n) is 2.29. The number of aldehydes is 1. The summed E-state index contributed by atoms with van der Waals surface area (Å²) in [5.41, 5.74) is 2.01. The van der Waals surface area contributed by atoms with Crippen LogP contribution in [0, 0.1) is 0 Å². The van der Waals surface area contributed by atoms with Gasteiger partial charge >= 0.3 is 5.97 Å². The Morgan fingerprint density at radius 3 is 2.86 bits per heavy atom. The van der Waals surface area contributed by atoms with Crippen LogP contribution in [0.3, 0.4) is 0 Å². The first-order valence-corrected chi connectivity index (χ1v) is 6.98. The van der Waals surface area contributed by atoms with Crippen molar-refractivity contribution in [2.75, 3.05) is 13.2 Å². The molecule has 1 aromatic heterocycles. The first-order chi connectivity index (χ1) is 10.7. The highest BCUT2D eigenvalue weighted by Gasteiger charge is 2.23. The van der Waals surface area contributed by atoms with Crippen molar-refractivity contribution in [3.8, 4) is 11.1 Å². The lowest BCUT2D eigenvalue weighted by molar-refractivity contribution is -0.108. The summed E-state index contributed by atoms with van der Waals surface area (Å²) in [6.45, 7) is 1.77. The van der Waals surface area contributed by atoms with E-state index < -0.39 is 5.97 Å². The number of aliphatic hydroxyl groups excluding tert-OH is 1.